The second kappa shape index (κ2) is 7.05. The number of primary sulfonamides is 1. The van der Waals surface area contributed by atoms with Crippen LogP contribution in [0.1, 0.15) is 34.6 Å². The zero-order valence-electron chi connectivity index (χ0n) is 14.6. The highest BCUT2D eigenvalue weighted by Crippen LogP contribution is 2.48. The van der Waals surface area contributed by atoms with Crippen LogP contribution in [-0.4, -0.2) is 8.42 Å². The maximum absolute atomic E-state index is 11.6. The van der Waals surface area contributed by atoms with Crippen molar-refractivity contribution in [1.82, 2.24) is 0 Å². The van der Waals surface area contributed by atoms with Crippen LogP contribution < -0.4 is 9.88 Å². The van der Waals surface area contributed by atoms with Gasteiger partial charge in [0, 0.05) is 11.1 Å². The van der Waals surface area contributed by atoms with E-state index < -0.39 is 10.0 Å². The van der Waals surface area contributed by atoms with Crippen LogP contribution in [0, 0.1) is 0 Å². The normalized spacial score (nSPS) is 15.7. The van der Waals surface area contributed by atoms with Crippen molar-refractivity contribution in [3.8, 4) is 16.9 Å². The zero-order chi connectivity index (χ0) is 19.2. The number of benzene rings is 2. The van der Waals surface area contributed by atoms with Gasteiger partial charge in [-0.25, -0.2) is 13.6 Å². The molecule has 1 aliphatic rings. The molecule has 0 saturated heterocycles. The smallest absolute Gasteiger partial charge is 0.213 e. The van der Waals surface area contributed by atoms with E-state index in [0.29, 0.717) is 5.56 Å². The van der Waals surface area contributed by atoms with E-state index in [2.05, 4.69) is 28.9 Å². The Balaban J connectivity index is 1.92. The fourth-order valence-electron chi connectivity index (χ4n) is 3.52. The Kier molecular flexibility index (Phi) is 4.88. The Morgan fingerprint density at radius 2 is 2.00 bits per heavy atom. The minimum Gasteiger partial charge on any atom is -0.479 e. The van der Waals surface area contributed by atoms with Crippen LogP contribution in [0.2, 0.25) is 0 Å². The number of ether oxygens (including phenoxy) is 1. The Bertz CT molecular complexity index is 1120. The summed E-state index contributed by atoms with van der Waals surface area (Å²) >= 11 is 5.12. The number of halogens is 1. The van der Waals surface area contributed by atoms with E-state index >= 15 is 0 Å². The van der Waals surface area contributed by atoms with E-state index in [9.17, 15) is 8.42 Å². The van der Waals surface area contributed by atoms with Crippen molar-refractivity contribution in [2.24, 2.45) is 5.14 Å². The van der Waals surface area contributed by atoms with Crippen molar-refractivity contribution >= 4 is 37.3 Å². The lowest BCUT2D eigenvalue weighted by Gasteiger charge is -2.30. The summed E-state index contributed by atoms with van der Waals surface area (Å²) in [7, 11) is -3.60. The first-order chi connectivity index (χ1) is 12.9. The third-order valence-electron chi connectivity index (χ3n) is 4.63. The average molecular weight is 464 g/mol. The van der Waals surface area contributed by atoms with E-state index in [0.717, 1.165) is 37.5 Å². The van der Waals surface area contributed by atoms with Gasteiger partial charge in [-0.3, -0.25) is 0 Å². The molecule has 140 valence electrons. The molecule has 2 heterocycles. The summed E-state index contributed by atoms with van der Waals surface area (Å²) in [6, 6.07) is 15.9. The number of nitrogens with two attached hydrogens (primary N) is 1. The first-order valence-corrected chi connectivity index (χ1v) is 11.9. The maximum Gasteiger partial charge on any atom is 0.213 e. The standard InChI is InChI=1S/C20H18BrNO3S2/c1-2-13-4-3-5-16-19(13)14-7-6-12(11-27(22,23)24)10-15(14)20(25-16)17-8-9-18(21)26-17/h3-10,20H,2,11H2,1H3,(H2,22,23,24). The quantitative estimate of drug-likeness (QED) is 0.590. The van der Waals surface area contributed by atoms with Crippen LogP contribution in [0.3, 0.4) is 0 Å². The van der Waals surface area contributed by atoms with Crippen LogP contribution in [0.25, 0.3) is 11.1 Å². The second-order valence-electron chi connectivity index (χ2n) is 6.51. The molecule has 1 atom stereocenters. The molecule has 1 aliphatic heterocycles. The fraction of sp³-hybridized carbons (Fsp3) is 0.200. The van der Waals surface area contributed by atoms with Gasteiger partial charge in [0.2, 0.25) is 10.0 Å². The van der Waals surface area contributed by atoms with Gasteiger partial charge >= 0.3 is 0 Å². The van der Waals surface area contributed by atoms with Gasteiger partial charge in [0.25, 0.3) is 0 Å². The maximum atomic E-state index is 11.6. The topological polar surface area (TPSA) is 69.4 Å². The van der Waals surface area contributed by atoms with E-state index in [4.69, 9.17) is 9.88 Å². The Morgan fingerprint density at radius 1 is 1.19 bits per heavy atom. The molecule has 4 nitrogen and oxygen atoms in total. The third-order valence-corrected chi connectivity index (χ3v) is 7.03. The van der Waals surface area contributed by atoms with E-state index in [1.54, 1.807) is 11.3 Å². The molecule has 2 aromatic carbocycles. The molecule has 0 spiro atoms. The van der Waals surface area contributed by atoms with Crippen LogP contribution in [0.5, 0.6) is 5.75 Å². The van der Waals surface area contributed by atoms with Crippen molar-refractivity contribution in [3.05, 3.63) is 73.9 Å². The molecule has 27 heavy (non-hydrogen) atoms. The van der Waals surface area contributed by atoms with Crippen molar-refractivity contribution in [3.63, 3.8) is 0 Å². The summed E-state index contributed by atoms with van der Waals surface area (Å²) in [5.41, 5.74) is 5.01. The molecule has 0 aliphatic carbocycles. The largest absolute Gasteiger partial charge is 0.479 e. The Hall–Kier alpha value is -1.67. The Morgan fingerprint density at radius 3 is 2.67 bits per heavy atom. The summed E-state index contributed by atoms with van der Waals surface area (Å²) in [6.07, 6.45) is 0.608. The van der Waals surface area contributed by atoms with E-state index in [-0.39, 0.29) is 11.9 Å². The van der Waals surface area contributed by atoms with Gasteiger partial charge in [0.05, 0.1) is 14.4 Å². The lowest BCUT2D eigenvalue weighted by Crippen LogP contribution is -2.18. The molecule has 3 aromatic rings. The summed E-state index contributed by atoms with van der Waals surface area (Å²) in [6.45, 7) is 2.12. The number of rotatable bonds is 4. The van der Waals surface area contributed by atoms with Crippen LogP contribution in [0.4, 0.5) is 0 Å². The van der Waals surface area contributed by atoms with E-state index in [1.807, 2.05) is 42.5 Å². The first kappa shape index (κ1) is 18.7. The lowest BCUT2D eigenvalue weighted by atomic mass is 9.87. The molecule has 1 unspecified atom stereocenters. The van der Waals surface area contributed by atoms with Gasteiger partial charge in [0.1, 0.15) is 5.75 Å². The molecule has 0 bridgehead atoms. The molecule has 4 rings (SSSR count). The predicted molar refractivity (Wildman–Crippen MR) is 113 cm³/mol. The number of fused-ring (bicyclic) bond motifs is 3. The predicted octanol–water partition coefficient (Wildman–Crippen LogP) is 5.01. The number of hydrogen-bond acceptors (Lipinski definition) is 4. The Labute approximate surface area is 171 Å². The molecule has 7 heteroatoms. The number of hydrogen-bond donors (Lipinski definition) is 1. The highest BCUT2D eigenvalue weighted by atomic mass is 79.9. The van der Waals surface area contributed by atoms with Crippen molar-refractivity contribution in [1.29, 1.82) is 0 Å². The van der Waals surface area contributed by atoms with Crippen molar-refractivity contribution < 1.29 is 13.2 Å². The molecule has 1 aromatic heterocycles. The number of aryl methyl sites for hydroxylation is 1. The van der Waals surface area contributed by atoms with Gasteiger partial charge in [0.15, 0.2) is 6.10 Å². The van der Waals surface area contributed by atoms with Crippen LogP contribution in [0.15, 0.2) is 52.3 Å². The summed E-state index contributed by atoms with van der Waals surface area (Å²) < 4.78 is 30.5. The number of sulfonamides is 1. The minimum absolute atomic E-state index is 0.191. The monoisotopic (exact) mass is 463 g/mol. The minimum atomic E-state index is -3.60. The SMILES string of the molecule is CCc1cccc2c1-c1ccc(CS(N)(=O)=O)cc1C(c1ccc(Br)s1)O2. The lowest BCUT2D eigenvalue weighted by molar-refractivity contribution is 0.247. The van der Waals surface area contributed by atoms with Crippen molar-refractivity contribution in [2.45, 2.75) is 25.2 Å². The highest BCUT2D eigenvalue weighted by Gasteiger charge is 2.30. The summed E-state index contributed by atoms with van der Waals surface area (Å²) in [4.78, 5) is 1.06. The van der Waals surface area contributed by atoms with Gasteiger partial charge in [-0.2, -0.15) is 0 Å². The van der Waals surface area contributed by atoms with Gasteiger partial charge in [-0.1, -0.05) is 37.3 Å². The zero-order valence-corrected chi connectivity index (χ0v) is 17.8. The van der Waals surface area contributed by atoms with Crippen molar-refractivity contribution in [2.75, 3.05) is 0 Å². The third kappa shape index (κ3) is 3.69. The number of thiophene rings is 1. The average Bonchev–Trinajstić information content (AvgIpc) is 3.05. The van der Waals surface area contributed by atoms with Crippen LogP contribution in [-0.2, 0) is 22.2 Å². The first-order valence-electron chi connectivity index (χ1n) is 8.53. The van der Waals surface area contributed by atoms with Gasteiger partial charge < -0.3 is 4.74 Å². The molecule has 0 fully saturated rings. The fourth-order valence-corrected chi connectivity index (χ4v) is 5.64. The molecule has 0 saturated carbocycles. The molecule has 2 N–H and O–H groups in total. The van der Waals surface area contributed by atoms with E-state index in [1.165, 1.54) is 5.56 Å². The molecule has 0 amide bonds. The highest BCUT2D eigenvalue weighted by molar-refractivity contribution is 9.11. The van der Waals surface area contributed by atoms with Crippen LogP contribution >= 0.6 is 27.3 Å². The summed E-state index contributed by atoms with van der Waals surface area (Å²) in [5.74, 6) is 0.666. The van der Waals surface area contributed by atoms with Gasteiger partial charge in [-0.15, -0.1) is 11.3 Å². The second-order valence-corrected chi connectivity index (χ2v) is 10.6. The molecule has 0 radical (unpaired) electrons. The molecular formula is C20H18BrNO3S2. The summed E-state index contributed by atoms with van der Waals surface area (Å²) in [5, 5.41) is 5.25. The van der Waals surface area contributed by atoms with Gasteiger partial charge in [-0.05, 0) is 57.2 Å². The molecular weight excluding hydrogens is 446 g/mol.